The van der Waals surface area contributed by atoms with Crippen molar-refractivity contribution in [1.82, 2.24) is 19.4 Å². The summed E-state index contributed by atoms with van der Waals surface area (Å²) in [5.74, 6) is 0.617. The van der Waals surface area contributed by atoms with Crippen molar-refractivity contribution in [3.8, 4) is 5.75 Å². The molecule has 8 heteroatoms. The van der Waals surface area contributed by atoms with Crippen LogP contribution in [0.3, 0.4) is 0 Å². The number of nitrogens with zero attached hydrogens (tertiary/aromatic N) is 3. The lowest BCUT2D eigenvalue weighted by molar-refractivity contribution is 0.0680. The van der Waals surface area contributed by atoms with Crippen LogP contribution in [0.15, 0.2) is 46.1 Å². The summed E-state index contributed by atoms with van der Waals surface area (Å²) in [5.41, 5.74) is 0.708. The van der Waals surface area contributed by atoms with Crippen molar-refractivity contribution in [2.45, 2.75) is 51.6 Å². The fourth-order valence-corrected chi connectivity index (χ4v) is 4.41. The maximum Gasteiger partial charge on any atom is 0.329 e. The van der Waals surface area contributed by atoms with Gasteiger partial charge in [0.05, 0.1) is 24.1 Å². The van der Waals surface area contributed by atoms with E-state index in [1.54, 1.807) is 13.2 Å². The van der Waals surface area contributed by atoms with Crippen LogP contribution in [0.25, 0.3) is 11.0 Å². The molecule has 168 valence electrons. The average molecular weight is 437 g/mol. The number of carbonyl (C=O) groups is 1. The number of hydrogen-bond donors (Lipinski definition) is 1. The third-order valence-electron chi connectivity index (χ3n) is 6.04. The smallest absolute Gasteiger partial charge is 0.329 e. The number of likely N-dealkylation sites (tertiary alicyclic amines) is 1. The molecule has 1 aromatic carbocycles. The molecule has 0 spiro atoms. The first-order chi connectivity index (χ1) is 15.5. The fourth-order valence-electron chi connectivity index (χ4n) is 4.41. The van der Waals surface area contributed by atoms with Crippen LogP contribution < -0.4 is 16.0 Å². The number of aryl methyl sites for hydroxylation is 1. The minimum atomic E-state index is -0.526. The van der Waals surface area contributed by atoms with Gasteiger partial charge in [0.15, 0.2) is 0 Å². The van der Waals surface area contributed by atoms with E-state index >= 15 is 0 Å². The molecule has 4 rings (SSSR count). The van der Waals surface area contributed by atoms with Gasteiger partial charge in [0.2, 0.25) is 0 Å². The zero-order chi connectivity index (χ0) is 22.7. The molecule has 1 aliphatic heterocycles. The van der Waals surface area contributed by atoms with E-state index in [-0.39, 0.29) is 17.3 Å². The third kappa shape index (κ3) is 4.17. The Labute approximate surface area is 185 Å². The van der Waals surface area contributed by atoms with Gasteiger partial charge in [0.25, 0.3) is 11.5 Å². The van der Waals surface area contributed by atoms with Gasteiger partial charge in [-0.3, -0.25) is 19.1 Å². The van der Waals surface area contributed by atoms with Gasteiger partial charge in [0.1, 0.15) is 11.4 Å². The lowest BCUT2D eigenvalue weighted by atomic mass is 10.00. The van der Waals surface area contributed by atoms with Gasteiger partial charge in [-0.2, -0.15) is 0 Å². The van der Waals surface area contributed by atoms with Crippen molar-refractivity contribution in [2.24, 2.45) is 0 Å². The van der Waals surface area contributed by atoms with E-state index in [2.05, 4.69) is 9.97 Å². The summed E-state index contributed by atoms with van der Waals surface area (Å²) in [4.78, 5) is 46.8. The highest BCUT2D eigenvalue weighted by molar-refractivity contribution is 5.97. The topological polar surface area (TPSA) is 97.3 Å². The van der Waals surface area contributed by atoms with Crippen LogP contribution in [-0.4, -0.2) is 39.0 Å². The SMILES string of the molecule is CCCn1c(=O)[nH]c(=O)c2cc(C(=O)N3CCCCC[C@@H]3c3ccc(OC)cc3)cnc21. The lowest BCUT2D eigenvalue weighted by Gasteiger charge is -2.30. The van der Waals surface area contributed by atoms with E-state index in [4.69, 9.17) is 4.74 Å². The Morgan fingerprint density at radius 1 is 1.19 bits per heavy atom. The molecule has 2 aromatic heterocycles. The Bertz CT molecular complexity index is 1230. The minimum absolute atomic E-state index is 0.0565. The zero-order valence-corrected chi connectivity index (χ0v) is 18.5. The minimum Gasteiger partial charge on any atom is -0.497 e. The molecule has 1 atom stereocenters. The number of benzene rings is 1. The van der Waals surface area contributed by atoms with Crippen molar-refractivity contribution >= 4 is 16.9 Å². The number of aromatic nitrogens is 3. The number of carbonyl (C=O) groups excluding carboxylic acids is 1. The molecule has 32 heavy (non-hydrogen) atoms. The molecule has 0 saturated carbocycles. The summed E-state index contributed by atoms with van der Waals surface area (Å²) in [6.07, 6.45) is 6.10. The number of aromatic amines is 1. The molecule has 0 radical (unpaired) electrons. The molecule has 1 aliphatic rings. The lowest BCUT2D eigenvalue weighted by Crippen LogP contribution is -2.35. The van der Waals surface area contributed by atoms with Gasteiger partial charge in [-0.1, -0.05) is 31.9 Å². The van der Waals surface area contributed by atoms with Crippen LogP contribution in [0.2, 0.25) is 0 Å². The standard InChI is InChI=1S/C24H28N4O4/c1-3-12-28-21-19(22(29)26-24(28)31)14-17(15-25-21)23(30)27-13-6-4-5-7-20(27)16-8-10-18(32-2)11-9-16/h8-11,14-15,20H,3-7,12-13H2,1-2H3,(H,26,29,31)/t20-/m1/s1. The number of H-pyrrole nitrogens is 1. The van der Waals surface area contributed by atoms with Gasteiger partial charge in [-0.25, -0.2) is 9.78 Å². The number of rotatable bonds is 5. The van der Waals surface area contributed by atoms with Crippen LogP contribution in [-0.2, 0) is 6.54 Å². The van der Waals surface area contributed by atoms with E-state index in [1.807, 2.05) is 36.1 Å². The van der Waals surface area contributed by atoms with Crippen LogP contribution in [0.4, 0.5) is 0 Å². The summed E-state index contributed by atoms with van der Waals surface area (Å²) < 4.78 is 6.71. The highest BCUT2D eigenvalue weighted by Gasteiger charge is 2.28. The molecular weight excluding hydrogens is 408 g/mol. The monoisotopic (exact) mass is 436 g/mol. The second-order valence-corrected chi connectivity index (χ2v) is 8.14. The Hall–Kier alpha value is -3.42. The fraction of sp³-hybridized carbons (Fsp3) is 0.417. The predicted octanol–water partition coefficient (Wildman–Crippen LogP) is 3.26. The van der Waals surface area contributed by atoms with Crippen molar-refractivity contribution in [1.29, 1.82) is 0 Å². The normalized spacial score (nSPS) is 16.7. The summed E-state index contributed by atoms with van der Waals surface area (Å²) in [6.45, 7) is 3.03. The van der Waals surface area contributed by atoms with Crippen LogP contribution >= 0.6 is 0 Å². The van der Waals surface area contributed by atoms with Crippen molar-refractivity contribution < 1.29 is 9.53 Å². The number of ether oxygens (including phenoxy) is 1. The summed E-state index contributed by atoms with van der Waals surface area (Å²) >= 11 is 0. The number of methoxy groups -OCH3 is 1. The van der Waals surface area contributed by atoms with Gasteiger partial charge in [-0.15, -0.1) is 0 Å². The van der Waals surface area contributed by atoms with E-state index in [0.717, 1.165) is 43.4 Å². The molecular formula is C24H28N4O4. The number of fused-ring (bicyclic) bond motifs is 1. The second kappa shape index (κ2) is 9.38. The van der Waals surface area contributed by atoms with E-state index < -0.39 is 11.2 Å². The molecule has 1 saturated heterocycles. The Morgan fingerprint density at radius 3 is 2.69 bits per heavy atom. The summed E-state index contributed by atoms with van der Waals surface area (Å²) in [5, 5.41) is 0.250. The first-order valence-corrected chi connectivity index (χ1v) is 11.1. The van der Waals surface area contributed by atoms with E-state index in [1.165, 1.54) is 10.8 Å². The predicted molar refractivity (Wildman–Crippen MR) is 122 cm³/mol. The van der Waals surface area contributed by atoms with Crippen LogP contribution in [0, 0.1) is 0 Å². The molecule has 0 unspecified atom stereocenters. The molecule has 3 heterocycles. The molecule has 0 aliphatic carbocycles. The molecule has 0 bridgehead atoms. The van der Waals surface area contributed by atoms with E-state index in [9.17, 15) is 14.4 Å². The molecule has 1 fully saturated rings. The Morgan fingerprint density at radius 2 is 1.97 bits per heavy atom. The van der Waals surface area contributed by atoms with Gasteiger partial charge in [0, 0.05) is 19.3 Å². The van der Waals surface area contributed by atoms with E-state index in [0.29, 0.717) is 24.3 Å². The molecule has 8 nitrogen and oxygen atoms in total. The van der Waals surface area contributed by atoms with Crippen molar-refractivity contribution in [2.75, 3.05) is 13.7 Å². The van der Waals surface area contributed by atoms with Gasteiger partial charge < -0.3 is 9.64 Å². The van der Waals surface area contributed by atoms with Crippen LogP contribution in [0.5, 0.6) is 5.75 Å². The maximum atomic E-state index is 13.6. The highest BCUT2D eigenvalue weighted by atomic mass is 16.5. The number of pyridine rings is 1. The summed E-state index contributed by atoms with van der Waals surface area (Å²) in [7, 11) is 1.63. The molecule has 1 N–H and O–H groups in total. The van der Waals surface area contributed by atoms with Crippen molar-refractivity contribution in [3.05, 3.63) is 68.5 Å². The third-order valence-corrected chi connectivity index (χ3v) is 6.04. The quantitative estimate of drug-likeness (QED) is 0.662. The average Bonchev–Trinajstić information content (AvgIpc) is 3.07. The first kappa shape index (κ1) is 21.8. The second-order valence-electron chi connectivity index (χ2n) is 8.14. The first-order valence-electron chi connectivity index (χ1n) is 11.1. The molecule has 3 aromatic rings. The summed E-state index contributed by atoms with van der Waals surface area (Å²) in [6, 6.07) is 9.33. The van der Waals surface area contributed by atoms with Crippen molar-refractivity contribution in [3.63, 3.8) is 0 Å². The largest absolute Gasteiger partial charge is 0.497 e. The maximum absolute atomic E-state index is 13.6. The highest BCUT2D eigenvalue weighted by Crippen LogP contribution is 2.32. The van der Waals surface area contributed by atoms with Gasteiger partial charge >= 0.3 is 5.69 Å². The van der Waals surface area contributed by atoms with Gasteiger partial charge in [-0.05, 0) is 43.0 Å². The zero-order valence-electron chi connectivity index (χ0n) is 18.5. The number of hydrogen-bond acceptors (Lipinski definition) is 5. The Kier molecular flexibility index (Phi) is 6.39. The Balaban J connectivity index is 1.73. The van der Waals surface area contributed by atoms with Crippen LogP contribution in [0.1, 0.15) is 61.0 Å². The number of nitrogens with one attached hydrogen (secondary N) is 1. The number of amides is 1. The molecule has 1 amide bonds.